The summed E-state index contributed by atoms with van der Waals surface area (Å²) < 4.78 is 0. The summed E-state index contributed by atoms with van der Waals surface area (Å²) in [7, 11) is 2.00. The van der Waals surface area contributed by atoms with E-state index in [0.29, 0.717) is 41.7 Å². The summed E-state index contributed by atoms with van der Waals surface area (Å²) in [6, 6.07) is 6.11. The molecule has 39 heavy (non-hydrogen) atoms. The number of rotatable bonds is 4. The molecule has 2 saturated carbocycles. The van der Waals surface area contributed by atoms with Gasteiger partial charge in [0.2, 0.25) is 0 Å². The van der Waals surface area contributed by atoms with Gasteiger partial charge in [0.25, 0.3) is 11.4 Å². The fourth-order valence-corrected chi connectivity index (χ4v) is 8.29. The number of aromatic hydroxyl groups is 1. The number of aryl methyl sites for hydroxylation is 1. The molecule has 0 unspecified atom stereocenters. The maximum absolute atomic E-state index is 12.3. The second-order valence-corrected chi connectivity index (χ2v) is 12.3. The molecular weight excluding hydrogens is 500 g/mol. The van der Waals surface area contributed by atoms with Crippen LogP contribution in [0.25, 0.3) is 11.1 Å². The van der Waals surface area contributed by atoms with Crippen molar-refractivity contribution in [2.75, 3.05) is 38.1 Å². The van der Waals surface area contributed by atoms with Gasteiger partial charge in [-0.15, -0.1) is 0 Å². The van der Waals surface area contributed by atoms with E-state index in [1.807, 2.05) is 11.9 Å². The van der Waals surface area contributed by atoms with E-state index in [-0.39, 0.29) is 34.6 Å². The van der Waals surface area contributed by atoms with Crippen molar-refractivity contribution in [1.29, 1.82) is 0 Å². The van der Waals surface area contributed by atoms with Gasteiger partial charge in [-0.2, -0.15) is 0 Å². The van der Waals surface area contributed by atoms with E-state index in [9.17, 15) is 30.4 Å². The van der Waals surface area contributed by atoms with E-state index < -0.39 is 9.85 Å². The first-order chi connectivity index (χ1) is 18.6. The summed E-state index contributed by atoms with van der Waals surface area (Å²) in [5, 5.41) is 46.0. The van der Waals surface area contributed by atoms with Gasteiger partial charge < -0.3 is 20.0 Å². The lowest BCUT2D eigenvalue weighted by atomic mass is 9.55. The van der Waals surface area contributed by atoms with Crippen molar-refractivity contribution < 1.29 is 20.1 Å². The van der Waals surface area contributed by atoms with Gasteiger partial charge in [-0.25, -0.2) is 0 Å². The van der Waals surface area contributed by atoms with Gasteiger partial charge in [-0.1, -0.05) is 6.92 Å². The molecule has 0 amide bonds. The van der Waals surface area contributed by atoms with Gasteiger partial charge in [0.15, 0.2) is 0 Å². The normalized spacial score (nSPS) is 30.4. The summed E-state index contributed by atoms with van der Waals surface area (Å²) >= 11 is 0. The van der Waals surface area contributed by atoms with E-state index in [1.54, 1.807) is 18.2 Å². The summed E-state index contributed by atoms with van der Waals surface area (Å²) in [6.45, 7) is 4.85. The number of piperazine rings is 1. The third-order valence-electron chi connectivity index (χ3n) is 10.4. The Morgan fingerprint density at radius 1 is 0.923 bits per heavy atom. The van der Waals surface area contributed by atoms with Crippen LogP contribution >= 0.6 is 0 Å². The van der Waals surface area contributed by atoms with E-state index in [4.69, 9.17) is 0 Å². The Morgan fingerprint density at radius 3 is 2.33 bits per heavy atom. The zero-order valence-electron chi connectivity index (χ0n) is 22.5. The molecule has 6 rings (SSSR count). The molecule has 4 aliphatic rings. The fraction of sp³-hybridized carbons (Fsp3) is 0.586. The van der Waals surface area contributed by atoms with Gasteiger partial charge in [0.05, 0.1) is 27.6 Å². The quantitative estimate of drug-likeness (QED) is 0.419. The van der Waals surface area contributed by atoms with E-state index in [1.165, 1.54) is 0 Å². The highest BCUT2D eigenvalue weighted by Crippen LogP contribution is 2.62. The zero-order valence-corrected chi connectivity index (χ0v) is 22.5. The predicted molar refractivity (Wildman–Crippen MR) is 147 cm³/mol. The fourth-order valence-electron chi connectivity index (χ4n) is 8.29. The van der Waals surface area contributed by atoms with Gasteiger partial charge in [0.1, 0.15) is 11.4 Å². The van der Waals surface area contributed by atoms with Crippen LogP contribution in [0.1, 0.15) is 56.1 Å². The van der Waals surface area contributed by atoms with E-state index in [0.717, 1.165) is 68.8 Å². The molecule has 0 radical (unpaired) electrons. The molecule has 3 fully saturated rings. The van der Waals surface area contributed by atoms with Crippen molar-refractivity contribution in [2.45, 2.75) is 57.5 Å². The molecule has 208 valence electrons. The van der Waals surface area contributed by atoms with Crippen LogP contribution in [0, 0.1) is 37.5 Å². The number of aliphatic hydroxyl groups excluding tert-OH is 1. The van der Waals surface area contributed by atoms with Crippen molar-refractivity contribution >= 4 is 17.1 Å². The molecule has 5 atom stereocenters. The number of anilines is 1. The Hall–Kier alpha value is -3.24. The first-order valence-corrected chi connectivity index (χ1v) is 14.0. The molecule has 1 aliphatic heterocycles. The number of aliphatic hydroxyl groups is 1. The van der Waals surface area contributed by atoms with Gasteiger partial charge in [-0.3, -0.25) is 20.2 Å². The number of phenols is 1. The van der Waals surface area contributed by atoms with Crippen LogP contribution in [0.5, 0.6) is 5.75 Å². The minimum atomic E-state index is -0.544. The number of benzene rings is 2. The minimum Gasteiger partial charge on any atom is -0.508 e. The van der Waals surface area contributed by atoms with Gasteiger partial charge in [0, 0.05) is 26.2 Å². The molecule has 1 heterocycles. The van der Waals surface area contributed by atoms with Crippen LogP contribution in [0.4, 0.5) is 17.1 Å². The number of nitro benzene ring substituents is 2. The summed E-state index contributed by atoms with van der Waals surface area (Å²) in [6.07, 6.45) is 4.95. The van der Waals surface area contributed by atoms with Crippen molar-refractivity contribution in [3.05, 3.63) is 55.6 Å². The average molecular weight is 537 g/mol. The summed E-state index contributed by atoms with van der Waals surface area (Å²) in [5.41, 5.74) is 2.67. The number of nitrogens with zero attached hydrogens (tertiary/aromatic N) is 4. The number of fused-ring (bicyclic) bond motifs is 5. The molecule has 0 spiro atoms. The van der Waals surface area contributed by atoms with Crippen molar-refractivity contribution in [1.82, 2.24) is 4.90 Å². The largest absolute Gasteiger partial charge is 0.508 e. The number of likely N-dealkylation sites (N-methyl/N-ethyl adjacent to an activating group) is 1. The smallest absolute Gasteiger partial charge is 0.299 e. The van der Waals surface area contributed by atoms with Crippen LogP contribution in [0.15, 0.2) is 24.3 Å². The molecule has 2 aromatic rings. The predicted octanol–water partition coefficient (Wildman–Crippen LogP) is 4.84. The lowest BCUT2D eigenvalue weighted by molar-refractivity contribution is -0.393. The summed E-state index contributed by atoms with van der Waals surface area (Å²) in [4.78, 5) is 27.4. The summed E-state index contributed by atoms with van der Waals surface area (Å²) in [5.74, 6) is 0.947. The Bertz CT molecular complexity index is 1340. The Labute approximate surface area is 227 Å². The van der Waals surface area contributed by atoms with Crippen molar-refractivity contribution in [3.63, 3.8) is 0 Å². The molecule has 1 saturated heterocycles. The number of nitro groups is 2. The highest BCUT2D eigenvalue weighted by atomic mass is 16.6. The third-order valence-corrected chi connectivity index (χ3v) is 10.4. The molecule has 3 aliphatic carbocycles. The second kappa shape index (κ2) is 9.45. The zero-order chi connectivity index (χ0) is 27.6. The molecule has 10 heteroatoms. The van der Waals surface area contributed by atoms with Gasteiger partial charge >= 0.3 is 0 Å². The maximum Gasteiger partial charge on any atom is 0.299 e. The van der Waals surface area contributed by atoms with Gasteiger partial charge in [-0.05, 0) is 104 Å². The molecular formula is C29H36N4O6. The lowest BCUT2D eigenvalue weighted by Crippen LogP contribution is -2.44. The van der Waals surface area contributed by atoms with Crippen LogP contribution < -0.4 is 4.90 Å². The molecule has 0 aromatic heterocycles. The molecule has 0 bridgehead atoms. The SMILES string of the molecule is CN1CCN(c2cc(-c3cc(O)cc4c3[C@H]3CC[C@]5(C)[C@@H](O)CC[C@H]5[C@@H]3CC4)c([N+](=O)[O-])cc2[N+](=O)[O-])CC1. The molecule has 2 aromatic carbocycles. The highest BCUT2D eigenvalue weighted by Gasteiger charge is 2.54. The molecule has 2 N–H and O–H groups in total. The van der Waals surface area contributed by atoms with E-state index in [2.05, 4.69) is 11.8 Å². The van der Waals surface area contributed by atoms with Crippen molar-refractivity contribution in [3.8, 4) is 16.9 Å². The maximum atomic E-state index is 12.3. The van der Waals surface area contributed by atoms with Crippen LogP contribution in [0.2, 0.25) is 0 Å². The van der Waals surface area contributed by atoms with E-state index >= 15 is 0 Å². The second-order valence-electron chi connectivity index (χ2n) is 12.3. The minimum absolute atomic E-state index is 0.0490. The highest BCUT2D eigenvalue weighted by molar-refractivity contribution is 5.85. The standard InChI is InChI=1S/C29H36N4O6/c1-29-8-7-20-19(23(29)5-6-27(29)35)4-3-17-13-18(34)14-22(28(17)20)21-15-25(31-11-9-30(2)10-12-31)26(33(38)39)16-24(21)32(36)37/h13-16,19-20,23,27,34-35H,3-12H2,1-2H3/t19-,20+,23+,27+,29+/m1/s1. The third kappa shape index (κ3) is 4.15. The van der Waals surface area contributed by atoms with Crippen LogP contribution in [-0.4, -0.2) is 64.3 Å². The Morgan fingerprint density at radius 2 is 1.64 bits per heavy atom. The first-order valence-electron chi connectivity index (χ1n) is 14.0. The first kappa shape index (κ1) is 26.0. The lowest BCUT2D eigenvalue weighted by Gasteiger charge is -2.50. The number of hydrogen-bond donors (Lipinski definition) is 2. The van der Waals surface area contributed by atoms with Crippen molar-refractivity contribution in [2.24, 2.45) is 17.3 Å². The van der Waals surface area contributed by atoms with Crippen LogP contribution in [0.3, 0.4) is 0 Å². The monoisotopic (exact) mass is 536 g/mol. The Kier molecular flexibility index (Phi) is 6.30. The van der Waals surface area contributed by atoms with Crippen LogP contribution in [-0.2, 0) is 6.42 Å². The number of phenolic OH excluding ortho intramolecular Hbond substituents is 1. The molecule has 10 nitrogen and oxygen atoms in total. The average Bonchev–Trinajstić information content (AvgIpc) is 3.21. The number of hydrogen-bond acceptors (Lipinski definition) is 8. The topological polar surface area (TPSA) is 133 Å². The Balaban J connectivity index is 1.52.